The van der Waals surface area contributed by atoms with E-state index >= 15 is 0 Å². The van der Waals surface area contributed by atoms with Gasteiger partial charge in [0.2, 0.25) is 11.8 Å². The zero-order chi connectivity index (χ0) is 24.8. The van der Waals surface area contributed by atoms with E-state index in [1.165, 1.54) is 0 Å². The van der Waals surface area contributed by atoms with Gasteiger partial charge >= 0.3 is 0 Å². The average Bonchev–Trinajstić information content (AvgIpc) is 3.49. The SMILES string of the molecule is Cn1cc(-c2cccc(C(N)=O)c2-c2nc(CCCC(=O)NCCO)cn2-c2ccccc2)cn1. The number of nitrogens with two attached hydrogens (primary N) is 1. The van der Waals surface area contributed by atoms with Crippen molar-refractivity contribution in [1.29, 1.82) is 0 Å². The molecule has 35 heavy (non-hydrogen) atoms. The molecule has 0 aliphatic heterocycles. The van der Waals surface area contributed by atoms with Gasteiger partial charge < -0.3 is 16.2 Å². The number of amides is 2. The molecule has 0 aliphatic rings. The summed E-state index contributed by atoms with van der Waals surface area (Å²) in [6, 6.07) is 15.2. The van der Waals surface area contributed by atoms with Gasteiger partial charge in [-0.1, -0.05) is 30.3 Å². The quantitative estimate of drug-likeness (QED) is 0.327. The highest BCUT2D eigenvalue weighted by Crippen LogP contribution is 2.35. The van der Waals surface area contributed by atoms with Gasteiger partial charge in [0, 0.05) is 49.2 Å². The second-order valence-electron chi connectivity index (χ2n) is 8.18. The number of para-hydroxylation sites is 1. The van der Waals surface area contributed by atoms with Crippen LogP contribution in [-0.2, 0) is 18.3 Å². The van der Waals surface area contributed by atoms with E-state index in [9.17, 15) is 9.59 Å². The van der Waals surface area contributed by atoms with Crippen LogP contribution in [0.1, 0.15) is 28.9 Å². The Balaban J connectivity index is 1.79. The Morgan fingerprint density at radius 2 is 1.89 bits per heavy atom. The lowest BCUT2D eigenvalue weighted by Crippen LogP contribution is -2.26. The van der Waals surface area contributed by atoms with Crippen LogP contribution in [0.3, 0.4) is 0 Å². The van der Waals surface area contributed by atoms with Crippen molar-refractivity contribution in [2.45, 2.75) is 19.3 Å². The molecule has 0 spiro atoms. The Hall–Kier alpha value is -4.24. The minimum Gasteiger partial charge on any atom is -0.395 e. The number of aliphatic hydroxyl groups is 1. The summed E-state index contributed by atoms with van der Waals surface area (Å²) in [5.74, 6) is -0.0701. The van der Waals surface area contributed by atoms with Crippen LogP contribution in [0, 0.1) is 0 Å². The molecule has 0 aliphatic carbocycles. The maximum atomic E-state index is 12.5. The van der Waals surface area contributed by atoms with Crippen LogP contribution in [0.15, 0.2) is 67.1 Å². The average molecular weight is 473 g/mol. The van der Waals surface area contributed by atoms with Gasteiger partial charge in [-0.2, -0.15) is 5.10 Å². The number of nitrogens with zero attached hydrogens (tertiary/aromatic N) is 4. The number of hydrogen-bond donors (Lipinski definition) is 3. The van der Waals surface area contributed by atoms with Crippen LogP contribution in [-0.4, -0.2) is 49.4 Å². The van der Waals surface area contributed by atoms with Crippen LogP contribution in [0.25, 0.3) is 28.2 Å². The van der Waals surface area contributed by atoms with Gasteiger partial charge in [-0.3, -0.25) is 18.8 Å². The van der Waals surface area contributed by atoms with Gasteiger partial charge in [0.25, 0.3) is 0 Å². The number of carbonyl (C=O) groups is 2. The number of primary amides is 1. The molecule has 0 fully saturated rings. The van der Waals surface area contributed by atoms with E-state index < -0.39 is 5.91 Å². The second-order valence-corrected chi connectivity index (χ2v) is 8.18. The van der Waals surface area contributed by atoms with Crippen LogP contribution >= 0.6 is 0 Å². The smallest absolute Gasteiger partial charge is 0.249 e. The van der Waals surface area contributed by atoms with E-state index in [1.807, 2.05) is 60.4 Å². The van der Waals surface area contributed by atoms with Crippen LogP contribution in [0.5, 0.6) is 0 Å². The fraction of sp³-hybridized carbons (Fsp3) is 0.231. The lowest BCUT2D eigenvalue weighted by atomic mass is 9.96. The summed E-state index contributed by atoms with van der Waals surface area (Å²) in [7, 11) is 1.83. The number of benzene rings is 2. The number of hydrogen-bond acceptors (Lipinski definition) is 5. The summed E-state index contributed by atoms with van der Waals surface area (Å²) in [6.45, 7) is 0.155. The highest BCUT2D eigenvalue weighted by Gasteiger charge is 2.22. The first kappa shape index (κ1) is 23.9. The largest absolute Gasteiger partial charge is 0.395 e. The first-order valence-electron chi connectivity index (χ1n) is 11.4. The van der Waals surface area contributed by atoms with Gasteiger partial charge in [-0.05, 0) is 36.6 Å². The van der Waals surface area contributed by atoms with Crippen molar-refractivity contribution in [3.8, 4) is 28.2 Å². The molecule has 9 nitrogen and oxygen atoms in total. The summed E-state index contributed by atoms with van der Waals surface area (Å²) in [5.41, 5.74) is 10.1. The van der Waals surface area contributed by atoms with E-state index in [0.717, 1.165) is 22.5 Å². The molecule has 0 bridgehead atoms. The Morgan fingerprint density at radius 1 is 1.09 bits per heavy atom. The van der Waals surface area contributed by atoms with Gasteiger partial charge in [-0.25, -0.2) is 4.98 Å². The van der Waals surface area contributed by atoms with Crippen molar-refractivity contribution in [2.24, 2.45) is 12.8 Å². The van der Waals surface area contributed by atoms with Gasteiger partial charge in [-0.15, -0.1) is 0 Å². The summed E-state index contributed by atoms with van der Waals surface area (Å²) in [5, 5.41) is 15.8. The van der Waals surface area contributed by atoms with Gasteiger partial charge in [0.1, 0.15) is 5.82 Å². The van der Waals surface area contributed by atoms with E-state index in [2.05, 4.69) is 10.4 Å². The lowest BCUT2D eigenvalue weighted by Gasteiger charge is -2.14. The van der Waals surface area contributed by atoms with Crippen molar-refractivity contribution < 1.29 is 14.7 Å². The van der Waals surface area contributed by atoms with Crippen LogP contribution in [0.2, 0.25) is 0 Å². The molecule has 180 valence electrons. The van der Waals surface area contributed by atoms with Crippen molar-refractivity contribution in [3.05, 3.63) is 78.4 Å². The van der Waals surface area contributed by atoms with Gasteiger partial charge in [0.15, 0.2) is 0 Å². The fourth-order valence-corrected chi connectivity index (χ4v) is 4.02. The highest BCUT2D eigenvalue weighted by atomic mass is 16.3. The minimum atomic E-state index is -0.546. The summed E-state index contributed by atoms with van der Waals surface area (Å²) in [4.78, 5) is 29.3. The van der Waals surface area contributed by atoms with Crippen LogP contribution < -0.4 is 11.1 Å². The maximum absolute atomic E-state index is 12.5. The summed E-state index contributed by atoms with van der Waals surface area (Å²) >= 11 is 0. The molecular weight excluding hydrogens is 444 g/mol. The third-order valence-corrected chi connectivity index (χ3v) is 5.63. The van der Waals surface area contributed by atoms with Gasteiger partial charge in [0.05, 0.1) is 24.1 Å². The molecule has 0 radical (unpaired) electrons. The Morgan fingerprint density at radius 3 is 2.57 bits per heavy atom. The monoisotopic (exact) mass is 472 g/mol. The Labute approximate surface area is 203 Å². The molecule has 9 heteroatoms. The van der Waals surface area contributed by atoms with E-state index in [-0.39, 0.29) is 19.1 Å². The standard InChI is InChI=1S/C26H28N6O3/c1-31-16-18(15-29-31)21-10-6-11-22(25(27)35)24(21)26-30-19(7-5-12-23(34)28-13-14-33)17-32(26)20-8-3-2-4-9-20/h2-4,6,8-11,15-17,33H,5,7,12-14H2,1H3,(H2,27,35)(H,28,34). The first-order chi connectivity index (χ1) is 17.0. The van der Waals surface area contributed by atoms with Crippen molar-refractivity contribution in [3.63, 3.8) is 0 Å². The topological polar surface area (TPSA) is 128 Å². The molecule has 4 N–H and O–H groups in total. The molecule has 2 aromatic carbocycles. The zero-order valence-corrected chi connectivity index (χ0v) is 19.5. The molecule has 0 atom stereocenters. The third-order valence-electron chi connectivity index (χ3n) is 5.63. The normalized spacial score (nSPS) is 10.9. The number of aryl methyl sites for hydroxylation is 2. The Bertz CT molecular complexity index is 1330. The number of aliphatic hydroxyl groups excluding tert-OH is 1. The lowest BCUT2D eigenvalue weighted by molar-refractivity contribution is -0.121. The van der Waals surface area contributed by atoms with E-state index in [4.69, 9.17) is 15.8 Å². The molecule has 4 rings (SSSR count). The Kier molecular flexibility index (Phi) is 7.37. The molecule has 2 aromatic heterocycles. The highest BCUT2D eigenvalue weighted by molar-refractivity contribution is 6.03. The van der Waals surface area contributed by atoms with Crippen molar-refractivity contribution in [2.75, 3.05) is 13.2 Å². The fourth-order valence-electron chi connectivity index (χ4n) is 4.02. The van der Waals surface area contributed by atoms with E-state index in [1.54, 1.807) is 23.0 Å². The number of rotatable bonds is 10. The third kappa shape index (κ3) is 5.47. The molecule has 4 aromatic rings. The molecular formula is C26H28N6O3. The zero-order valence-electron chi connectivity index (χ0n) is 19.5. The number of imidazole rings is 1. The molecule has 0 saturated heterocycles. The number of aromatic nitrogens is 4. The summed E-state index contributed by atoms with van der Waals surface area (Å²) in [6.07, 6.45) is 7.04. The van der Waals surface area contributed by atoms with Crippen molar-refractivity contribution in [1.82, 2.24) is 24.6 Å². The molecule has 0 saturated carbocycles. The molecule has 0 unspecified atom stereocenters. The van der Waals surface area contributed by atoms with E-state index in [0.29, 0.717) is 36.2 Å². The first-order valence-corrected chi connectivity index (χ1v) is 11.4. The summed E-state index contributed by atoms with van der Waals surface area (Å²) < 4.78 is 3.65. The van der Waals surface area contributed by atoms with Crippen molar-refractivity contribution >= 4 is 11.8 Å². The predicted octanol–water partition coefficient (Wildman–Crippen LogP) is 2.47. The second kappa shape index (κ2) is 10.8. The predicted molar refractivity (Wildman–Crippen MR) is 133 cm³/mol. The minimum absolute atomic E-state index is 0.0882. The molecule has 2 heterocycles. The number of carbonyl (C=O) groups excluding carboxylic acids is 2. The van der Waals surface area contributed by atoms with Crippen LogP contribution in [0.4, 0.5) is 0 Å². The molecule has 2 amide bonds. The maximum Gasteiger partial charge on any atom is 0.249 e. The number of nitrogens with one attached hydrogen (secondary N) is 1.